The Morgan fingerprint density at radius 1 is 1.42 bits per heavy atom. The molecular weight excluding hydrogens is 324 g/mol. The molecule has 1 atom stereocenters. The summed E-state index contributed by atoms with van der Waals surface area (Å²) < 4.78 is 1.86. The molecule has 6 nitrogen and oxygen atoms in total. The molecule has 1 fully saturated rings. The standard InChI is InChI=1S/C17H24N4O2S/c22-16(15-4-1-13-24-15)14-5-11-20(12-6-14)17(23)18-7-2-9-21-10-3-8-19-21/h1,3-4,8,10,13-14,16,22H,2,5-7,9,11-12H2,(H,18,23)/t16-/m0/s1. The fourth-order valence-electron chi connectivity index (χ4n) is 3.09. The van der Waals surface area contributed by atoms with Crippen molar-refractivity contribution in [3.8, 4) is 0 Å². The molecule has 2 N–H and O–H groups in total. The van der Waals surface area contributed by atoms with E-state index in [0.717, 1.165) is 30.7 Å². The Bertz CT molecular complexity index is 607. The van der Waals surface area contributed by atoms with Crippen molar-refractivity contribution >= 4 is 17.4 Å². The van der Waals surface area contributed by atoms with Gasteiger partial charge in [-0.2, -0.15) is 5.10 Å². The highest BCUT2D eigenvalue weighted by Gasteiger charge is 2.28. The van der Waals surface area contributed by atoms with E-state index < -0.39 is 6.10 Å². The van der Waals surface area contributed by atoms with Crippen molar-refractivity contribution in [3.63, 3.8) is 0 Å². The van der Waals surface area contributed by atoms with E-state index in [9.17, 15) is 9.90 Å². The van der Waals surface area contributed by atoms with Crippen LogP contribution >= 0.6 is 11.3 Å². The molecule has 3 heterocycles. The quantitative estimate of drug-likeness (QED) is 0.788. The van der Waals surface area contributed by atoms with E-state index in [1.165, 1.54) is 0 Å². The van der Waals surface area contributed by atoms with E-state index in [0.29, 0.717) is 19.6 Å². The molecule has 24 heavy (non-hydrogen) atoms. The first-order valence-corrected chi connectivity index (χ1v) is 9.33. The molecule has 2 aromatic heterocycles. The second-order valence-electron chi connectivity index (χ2n) is 6.14. The van der Waals surface area contributed by atoms with E-state index in [1.807, 2.05) is 39.4 Å². The van der Waals surface area contributed by atoms with Crippen molar-refractivity contribution in [3.05, 3.63) is 40.8 Å². The smallest absolute Gasteiger partial charge is 0.317 e. The minimum absolute atomic E-state index is 0.000436. The Hall–Kier alpha value is -1.86. The van der Waals surface area contributed by atoms with E-state index in [4.69, 9.17) is 0 Å². The molecule has 7 heteroatoms. The summed E-state index contributed by atoms with van der Waals surface area (Å²) in [6, 6.07) is 5.84. The van der Waals surface area contributed by atoms with Gasteiger partial charge < -0.3 is 15.3 Å². The summed E-state index contributed by atoms with van der Waals surface area (Å²) in [4.78, 5) is 15.1. The van der Waals surface area contributed by atoms with Crippen molar-refractivity contribution in [2.45, 2.75) is 31.9 Å². The summed E-state index contributed by atoms with van der Waals surface area (Å²) >= 11 is 1.59. The number of piperidine rings is 1. The minimum atomic E-state index is -0.399. The van der Waals surface area contributed by atoms with Gasteiger partial charge in [0.15, 0.2) is 0 Å². The van der Waals surface area contributed by atoms with Crippen LogP contribution in [0.3, 0.4) is 0 Å². The van der Waals surface area contributed by atoms with Gasteiger partial charge in [0.25, 0.3) is 0 Å². The van der Waals surface area contributed by atoms with E-state index in [2.05, 4.69) is 10.4 Å². The molecule has 0 bridgehead atoms. The number of amides is 2. The molecule has 2 amide bonds. The Balaban J connectivity index is 1.35. The van der Waals surface area contributed by atoms with Gasteiger partial charge in [-0.15, -0.1) is 11.3 Å². The predicted molar refractivity (Wildman–Crippen MR) is 93.8 cm³/mol. The first-order valence-electron chi connectivity index (χ1n) is 8.45. The molecule has 0 unspecified atom stereocenters. The van der Waals surface area contributed by atoms with Crippen LogP contribution in [-0.2, 0) is 6.54 Å². The molecule has 0 aliphatic carbocycles. The number of hydrogen-bond donors (Lipinski definition) is 2. The number of urea groups is 1. The average molecular weight is 348 g/mol. The van der Waals surface area contributed by atoms with Gasteiger partial charge in [0, 0.05) is 43.4 Å². The van der Waals surface area contributed by atoms with E-state index in [-0.39, 0.29) is 11.9 Å². The number of carbonyl (C=O) groups is 1. The van der Waals surface area contributed by atoms with Crippen molar-refractivity contribution in [1.29, 1.82) is 0 Å². The number of likely N-dealkylation sites (tertiary alicyclic amines) is 1. The number of hydrogen-bond acceptors (Lipinski definition) is 4. The molecule has 1 aliphatic rings. The number of rotatable bonds is 6. The zero-order valence-electron chi connectivity index (χ0n) is 13.7. The number of aryl methyl sites for hydroxylation is 1. The molecular formula is C17H24N4O2S. The summed E-state index contributed by atoms with van der Waals surface area (Å²) in [6.07, 6.45) is 5.84. The summed E-state index contributed by atoms with van der Waals surface area (Å²) in [6.45, 7) is 2.87. The number of aliphatic hydroxyl groups excluding tert-OH is 1. The van der Waals surface area contributed by atoms with Crippen LogP contribution in [0.15, 0.2) is 36.0 Å². The van der Waals surface area contributed by atoms with Crippen molar-refractivity contribution in [2.24, 2.45) is 5.92 Å². The molecule has 0 saturated carbocycles. The van der Waals surface area contributed by atoms with Crippen LogP contribution in [0.2, 0.25) is 0 Å². The summed E-state index contributed by atoms with van der Waals surface area (Å²) in [5, 5.41) is 19.5. The van der Waals surface area contributed by atoms with Crippen molar-refractivity contribution < 1.29 is 9.90 Å². The lowest BCUT2D eigenvalue weighted by atomic mass is 9.90. The van der Waals surface area contributed by atoms with Gasteiger partial charge in [0.05, 0.1) is 6.10 Å². The van der Waals surface area contributed by atoms with E-state index in [1.54, 1.807) is 17.5 Å². The third kappa shape index (κ3) is 4.36. The van der Waals surface area contributed by atoms with Crippen molar-refractivity contribution in [1.82, 2.24) is 20.0 Å². The molecule has 0 aromatic carbocycles. The first-order chi connectivity index (χ1) is 11.7. The number of aliphatic hydroxyl groups is 1. The average Bonchev–Trinajstić information content (AvgIpc) is 3.31. The molecule has 130 valence electrons. The first kappa shape index (κ1) is 17.0. The largest absolute Gasteiger partial charge is 0.387 e. The molecule has 1 saturated heterocycles. The minimum Gasteiger partial charge on any atom is -0.387 e. The number of thiophene rings is 1. The maximum atomic E-state index is 12.2. The van der Waals surface area contributed by atoms with Gasteiger partial charge in [-0.05, 0) is 42.7 Å². The van der Waals surface area contributed by atoms with Crippen LogP contribution in [0.4, 0.5) is 4.79 Å². The maximum Gasteiger partial charge on any atom is 0.317 e. The number of nitrogens with zero attached hydrogens (tertiary/aromatic N) is 3. The van der Waals surface area contributed by atoms with Crippen LogP contribution in [0.1, 0.15) is 30.2 Å². The van der Waals surface area contributed by atoms with Crippen LogP contribution in [0.25, 0.3) is 0 Å². The van der Waals surface area contributed by atoms with Crippen LogP contribution < -0.4 is 5.32 Å². The van der Waals surface area contributed by atoms with Gasteiger partial charge in [-0.25, -0.2) is 4.79 Å². The highest BCUT2D eigenvalue weighted by atomic mass is 32.1. The Kier molecular flexibility index (Phi) is 5.87. The van der Waals surface area contributed by atoms with E-state index >= 15 is 0 Å². The topological polar surface area (TPSA) is 70.4 Å². The molecule has 2 aromatic rings. The highest BCUT2D eigenvalue weighted by Crippen LogP contribution is 2.32. The van der Waals surface area contributed by atoms with Crippen LogP contribution in [0, 0.1) is 5.92 Å². The fraction of sp³-hybridized carbons (Fsp3) is 0.529. The third-order valence-electron chi connectivity index (χ3n) is 4.51. The number of carbonyl (C=O) groups excluding carboxylic acids is 1. The molecule has 0 spiro atoms. The van der Waals surface area contributed by atoms with Gasteiger partial charge in [-0.3, -0.25) is 4.68 Å². The fourth-order valence-corrected chi connectivity index (χ4v) is 3.89. The predicted octanol–water partition coefficient (Wildman–Crippen LogP) is 2.49. The number of aromatic nitrogens is 2. The maximum absolute atomic E-state index is 12.2. The normalized spacial score (nSPS) is 17.0. The van der Waals surface area contributed by atoms with Crippen molar-refractivity contribution in [2.75, 3.05) is 19.6 Å². The van der Waals surface area contributed by atoms with Gasteiger partial charge in [0.2, 0.25) is 0 Å². The zero-order chi connectivity index (χ0) is 16.8. The molecule has 0 radical (unpaired) electrons. The number of nitrogens with one attached hydrogen (secondary N) is 1. The van der Waals surface area contributed by atoms with Gasteiger partial charge >= 0.3 is 6.03 Å². The molecule has 1 aliphatic heterocycles. The third-order valence-corrected chi connectivity index (χ3v) is 5.45. The van der Waals surface area contributed by atoms with Crippen LogP contribution in [-0.4, -0.2) is 45.5 Å². The summed E-state index contributed by atoms with van der Waals surface area (Å²) in [5.74, 6) is 0.243. The summed E-state index contributed by atoms with van der Waals surface area (Å²) in [7, 11) is 0. The Morgan fingerprint density at radius 3 is 2.92 bits per heavy atom. The Labute approximate surface area is 146 Å². The van der Waals surface area contributed by atoms with Gasteiger partial charge in [0.1, 0.15) is 0 Å². The SMILES string of the molecule is O=C(NCCCn1cccn1)N1CCC([C@H](O)c2cccs2)CC1. The summed E-state index contributed by atoms with van der Waals surface area (Å²) in [5.41, 5.74) is 0. The molecule has 3 rings (SSSR count). The second-order valence-corrected chi connectivity index (χ2v) is 7.12. The lowest BCUT2D eigenvalue weighted by Gasteiger charge is -2.34. The lowest BCUT2D eigenvalue weighted by molar-refractivity contribution is 0.0690. The van der Waals surface area contributed by atoms with Crippen LogP contribution in [0.5, 0.6) is 0 Å². The monoisotopic (exact) mass is 348 g/mol. The highest BCUT2D eigenvalue weighted by molar-refractivity contribution is 7.10. The van der Waals surface area contributed by atoms with Gasteiger partial charge in [-0.1, -0.05) is 6.07 Å². The lowest BCUT2D eigenvalue weighted by Crippen LogP contribution is -2.45. The second kappa shape index (κ2) is 8.30. The Morgan fingerprint density at radius 2 is 2.25 bits per heavy atom. The zero-order valence-corrected chi connectivity index (χ0v) is 14.5.